The van der Waals surface area contributed by atoms with Crippen LogP contribution < -0.4 is 5.84 Å². The number of hydrazine groups is 1. The van der Waals surface area contributed by atoms with E-state index in [-0.39, 0.29) is 18.9 Å². The molecule has 0 saturated carbocycles. The Bertz CT molecular complexity index is 365. The molecule has 16 heavy (non-hydrogen) atoms. The Labute approximate surface area is 93.8 Å². The highest BCUT2D eigenvalue weighted by molar-refractivity contribution is 5.98. The number of carbonyl (C=O) groups excluding carboxylic acids is 2. The van der Waals surface area contributed by atoms with Crippen molar-refractivity contribution >= 4 is 11.9 Å². The summed E-state index contributed by atoms with van der Waals surface area (Å²) in [5.41, 5.74) is 0.516. The van der Waals surface area contributed by atoms with Crippen LogP contribution in [0.25, 0.3) is 0 Å². The Balaban J connectivity index is 2.55. The molecule has 0 unspecified atom stereocenters. The van der Waals surface area contributed by atoms with Crippen molar-refractivity contribution < 1.29 is 14.3 Å². The van der Waals surface area contributed by atoms with E-state index in [0.717, 1.165) is 5.01 Å². The predicted molar refractivity (Wildman–Crippen MR) is 58.7 cm³/mol. The van der Waals surface area contributed by atoms with E-state index in [2.05, 4.69) is 4.74 Å². The molecule has 1 aromatic carbocycles. The van der Waals surface area contributed by atoms with Gasteiger partial charge in [0.15, 0.2) is 5.78 Å². The molecule has 0 atom stereocenters. The van der Waals surface area contributed by atoms with Crippen molar-refractivity contribution in [1.29, 1.82) is 0 Å². The number of carbonyl (C=O) groups is 2. The first-order chi connectivity index (χ1) is 7.65. The number of hydrogen-bond acceptors (Lipinski definition) is 4. The number of ketones is 1. The minimum Gasteiger partial charge on any atom is -0.449 e. The van der Waals surface area contributed by atoms with Gasteiger partial charge in [0.1, 0.15) is 6.54 Å². The molecule has 0 aromatic heterocycles. The van der Waals surface area contributed by atoms with Crippen LogP contribution in [0.3, 0.4) is 0 Å². The second kappa shape index (κ2) is 5.87. The first-order valence-corrected chi connectivity index (χ1v) is 4.92. The molecule has 0 aliphatic heterocycles. The van der Waals surface area contributed by atoms with Crippen molar-refractivity contribution in [2.75, 3.05) is 13.2 Å². The summed E-state index contributed by atoms with van der Waals surface area (Å²) in [6.07, 6.45) is -0.702. The van der Waals surface area contributed by atoms with E-state index in [1.807, 2.05) is 6.07 Å². The van der Waals surface area contributed by atoms with Gasteiger partial charge in [-0.05, 0) is 6.92 Å². The van der Waals surface area contributed by atoms with Gasteiger partial charge in [0.2, 0.25) is 0 Å². The maximum absolute atomic E-state index is 11.6. The highest BCUT2D eigenvalue weighted by Gasteiger charge is 2.15. The normalized spacial score (nSPS) is 9.62. The molecule has 1 aromatic rings. The van der Waals surface area contributed by atoms with E-state index in [1.54, 1.807) is 31.2 Å². The third-order valence-corrected chi connectivity index (χ3v) is 1.91. The minimum atomic E-state index is -0.702. The van der Waals surface area contributed by atoms with E-state index >= 15 is 0 Å². The molecule has 1 rings (SSSR count). The highest BCUT2D eigenvalue weighted by atomic mass is 16.6. The van der Waals surface area contributed by atoms with Gasteiger partial charge in [0, 0.05) is 5.56 Å². The van der Waals surface area contributed by atoms with Crippen molar-refractivity contribution in [2.45, 2.75) is 6.92 Å². The SMILES string of the molecule is CCOC(=O)N(N)CC(=O)c1ccccc1. The van der Waals surface area contributed by atoms with Gasteiger partial charge < -0.3 is 4.74 Å². The standard InChI is InChI=1S/C11H14N2O3/c1-2-16-11(15)13(12)8-10(14)9-6-4-3-5-7-9/h3-7H,2,8,12H2,1H3. The molecule has 2 N–H and O–H groups in total. The zero-order chi connectivity index (χ0) is 12.0. The van der Waals surface area contributed by atoms with Crippen LogP contribution in [0.5, 0.6) is 0 Å². The van der Waals surface area contributed by atoms with E-state index in [0.29, 0.717) is 5.56 Å². The topological polar surface area (TPSA) is 72.6 Å². The van der Waals surface area contributed by atoms with Crippen LogP contribution in [0, 0.1) is 0 Å². The van der Waals surface area contributed by atoms with Gasteiger partial charge in [0.05, 0.1) is 6.61 Å². The molecule has 86 valence electrons. The minimum absolute atomic E-state index is 0.192. The number of hydrogen-bond donors (Lipinski definition) is 1. The van der Waals surface area contributed by atoms with Crippen LogP contribution in [-0.4, -0.2) is 30.0 Å². The third-order valence-electron chi connectivity index (χ3n) is 1.91. The van der Waals surface area contributed by atoms with Crippen LogP contribution in [0.2, 0.25) is 0 Å². The van der Waals surface area contributed by atoms with E-state index in [9.17, 15) is 9.59 Å². The lowest BCUT2D eigenvalue weighted by Gasteiger charge is -2.14. The molecule has 0 aliphatic carbocycles. The number of benzene rings is 1. The Hall–Kier alpha value is -1.88. The van der Waals surface area contributed by atoms with Crippen LogP contribution >= 0.6 is 0 Å². The Morgan fingerprint density at radius 1 is 1.31 bits per heavy atom. The first kappa shape index (κ1) is 12.2. The van der Waals surface area contributed by atoms with Crippen molar-refractivity contribution in [3.63, 3.8) is 0 Å². The summed E-state index contributed by atoms with van der Waals surface area (Å²) in [5.74, 6) is 5.15. The maximum atomic E-state index is 11.6. The molecule has 0 bridgehead atoms. The van der Waals surface area contributed by atoms with Crippen LogP contribution in [0.4, 0.5) is 4.79 Å². The lowest BCUT2D eigenvalue weighted by atomic mass is 10.1. The molecule has 0 aliphatic rings. The van der Waals surface area contributed by atoms with Crippen molar-refractivity contribution in [3.8, 4) is 0 Å². The van der Waals surface area contributed by atoms with Crippen LogP contribution in [-0.2, 0) is 4.74 Å². The largest absolute Gasteiger partial charge is 0.449 e. The Kier molecular flexibility index (Phi) is 4.47. The summed E-state index contributed by atoms with van der Waals surface area (Å²) in [6.45, 7) is 1.71. The fraction of sp³-hybridized carbons (Fsp3) is 0.273. The van der Waals surface area contributed by atoms with Gasteiger partial charge in [-0.25, -0.2) is 15.6 Å². The second-order valence-corrected chi connectivity index (χ2v) is 3.12. The van der Waals surface area contributed by atoms with Crippen LogP contribution in [0.15, 0.2) is 30.3 Å². The molecular formula is C11H14N2O3. The molecule has 0 spiro atoms. The smallest absolute Gasteiger partial charge is 0.424 e. The highest BCUT2D eigenvalue weighted by Crippen LogP contribution is 2.01. The predicted octanol–water partition coefficient (Wildman–Crippen LogP) is 1.20. The average Bonchev–Trinajstić information content (AvgIpc) is 2.30. The number of rotatable bonds is 4. The molecule has 0 fully saturated rings. The summed E-state index contributed by atoms with van der Waals surface area (Å²) in [5, 5.41) is 0.763. The summed E-state index contributed by atoms with van der Waals surface area (Å²) < 4.78 is 4.65. The molecular weight excluding hydrogens is 208 g/mol. The summed E-state index contributed by atoms with van der Waals surface area (Å²) in [4.78, 5) is 22.8. The molecule has 0 saturated heterocycles. The first-order valence-electron chi connectivity index (χ1n) is 4.92. The van der Waals surface area contributed by atoms with Gasteiger partial charge >= 0.3 is 6.09 Å². The van der Waals surface area contributed by atoms with E-state index in [1.165, 1.54) is 0 Å². The van der Waals surface area contributed by atoms with Crippen molar-refractivity contribution in [1.82, 2.24) is 5.01 Å². The van der Waals surface area contributed by atoms with Gasteiger partial charge in [0.25, 0.3) is 0 Å². The van der Waals surface area contributed by atoms with Gasteiger partial charge in [-0.15, -0.1) is 0 Å². The average molecular weight is 222 g/mol. The molecule has 5 heteroatoms. The Morgan fingerprint density at radius 2 is 1.94 bits per heavy atom. The molecule has 0 radical (unpaired) electrons. The maximum Gasteiger partial charge on any atom is 0.424 e. The summed E-state index contributed by atoms with van der Waals surface area (Å²) in [7, 11) is 0. The lowest BCUT2D eigenvalue weighted by Crippen LogP contribution is -2.41. The van der Waals surface area contributed by atoms with Crippen molar-refractivity contribution in [2.24, 2.45) is 5.84 Å². The number of Topliss-reactive ketones (excluding diaryl/α,β-unsaturated/α-hetero) is 1. The fourth-order valence-electron chi connectivity index (χ4n) is 1.14. The third kappa shape index (κ3) is 3.36. The second-order valence-electron chi connectivity index (χ2n) is 3.12. The number of nitrogens with two attached hydrogens (primary N) is 1. The lowest BCUT2D eigenvalue weighted by molar-refractivity contribution is 0.0842. The molecule has 1 amide bonds. The van der Waals surface area contributed by atoms with Crippen LogP contribution in [0.1, 0.15) is 17.3 Å². The van der Waals surface area contributed by atoms with Gasteiger partial charge in [-0.1, -0.05) is 30.3 Å². The Morgan fingerprint density at radius 3 is 2.50 bits per heavy atom. The van der Waals surface area contributed by atoms with Gasteiger partial charge in [-0.3, -0.25) is 4.79 Å². The van der Waals surface area contributed by atoms with Crippen molar-refractivity contribution in [3.05, 3.63) is 35.9 Å². The fourth-order valence-corrected chi connectivity index (χ4v) is 1.14. The molecule has 0 heterocycles. The number of nitrogens with zero attached hydrogens (tertiary/aromatic N) is 1. The van der Waals surface area contributed by atoms with Gasteiger partial charge in [-0.2, -0.15) is 0 Å². The van der Waals surface area contributed by atoms with E-state index in [4.69, 9.17) is 5.84 Å². The number of amides is 1. The quantitative estimate of drug-likeness (QED) is 0.359. The summed E-state index contributed by atoms with van der Waals surface area (Å²) in [6, 6.07) is 8.64. The monoisotopic (exact) mass is 222 g/mol. The number of ether oxygens (including phenoxy) is 1. The zero-order valence-electron chi connectivity index (χ0n) is 9.05. The zero-order valence-corrected chi connectivity index (χ0v) is 9.05. The summed E-state index contributed by atoms with van der Waals surface area (Å²) >= 11 is 0. The molecule has 5 nitrogen and oxygen atoms in total. The van der Waals surface area contributed by atoms with E-state index < -0.39 is 6.09 Å².